The van der Waals surface area contributed by atoms with E-state index in [2.05, 4.69) is 17.6 Å². The van der Waals surface area contributed by atoms with Crippen molar-refractivity contribution in [3.63, 3.8) is 0 Å². The van der Waals surface area contributed by atoms with Gasteiger partial charge in [0.05, 0.1) is 0 Å². The van der Waals surface area contributed by atoms with E-state index in [0.29, 0.717) is 19.6 Å². The van der Waals surface area contributed by atoms with E-state index in [1.54, 1.807) is 4.90 Å². The standard InChI is InChI=1S/C13H23N3O2/c1-2-13(4-3-5-13)10-15-11(17)12(18)16-8-6-14-7-9-16/h14H,2-10H2,1H3,(H,15,17). The van der Waals surface area contributed by atoms with E-state index in [0.717, 1.165) is 19.5 Å². The molecule has 5 heteroatoms. The molecule has 0 aromatic rings. The van der Waals surface area contributed by atoms with Crippen molar-refractivity contribution in [2.75, 3.05) is 32.7 Å². The van der Waals surface area contributed by atoms with E-state index >= 15 is 0 Å². The van der Waals surface area contributed by atoms with E-state index in [-0.39, 0.29) is 11.3 Å². The summed E-state index contributed by atoms with van der Waals surface area (Å²) in [7, 11) is 0. The van der Waals surface area contributed by atoms with Gasteiger partial charge >= 0.3 is 11.8 Å². The number of piperazine rings is 1. The van der Waals surface area contributed by atoms with E-state index < -0.39 is 5.91 Å². The molecule has 2 fully saturated rings. The van der Waals surface area contributed by atoms with Gasteiger partial charge in [-0.2, -0.15) is 0 Å². The van der Waals surface area contributed by atoms with Crippen LogP contribution >= 0.6 is 0 Å². The van der Waals surface area contributed by atoms with Crippen LogP contribution in [0.15, 0.2) is 0 Å². The molecule has 2 amide bonds. The number of rotatable bonds is 3. The molecule has 0 aromatic heterocycles. The normalized spacial score (nSPS) is 22.2. The summed E-state index contributed by atoms with van der Waals surface area (Å²) in [5.41, 5.74) is 0.263. The summed E-state index contributed by atoms with van der Waals surface area (Å²) in [6.07, 6.45) is 4.67. The zero-order valence-corrected chi connectivity index (χ0v) is 11.1. The molecular formula is C13H23N3O2. The molecule has 0 bridgehead atoms. The summed E-state index contributed by atoms with van der Waals surface area (Å²) in [6.45, 7) is 5.62. The Balaban J connectivity index is 1.78. The third-order valence-electron chi connectivity index (χ3n) is 4.39. The number of hydrogen-bond acceptors (Lipinski definition) is 3. The lowest BCUT2D eigenvalue weighted by atomic mass is 9.67. The molecule has 5 nitrogen and oxygen atoms in total. The fourth-order valence-corrected chi connectivity index (χ4v) is 2.69. The molecule has 102 valence electrons. The summed E-state index contributed by atoms with van der Waals surface area (Å²) in [4.78, 5) is 25.3. The van der Waals surface area contributed by atoms with Crippen molar-refractivity contribution in [2.24, 2.45) is 5.41 Å². The molecule has 1 saturated heterocycles. The first kappa shape index (κ1) is 13.3. The minimum absolute atomic E-state index is 0.263. The Labute approximate surface area is 108 Å². The smallest absolute Gasteiger partial charge is 0.311 e. The van der Waals surface area contributed by atoms with Gasteiger partial charge in [-0.3, -0.25) is 9.59 Å². The largest absolute Gasteiger partial charge is 0.347 e. The number of nitrogens with one attached hydrogen (secondary N) is 2. The maximum absolute atomic E-state index is 11.9. The van der Waals surface area contributed by atoms with Crippen LogP contribution in [0.2, 0.25) is 0 Å². The molecule has 1 saturated carbocycles. The monoisotopic (exact) mass is 253 g/mol. The van der Waals surface area contributed by atoms with Crippen molar-refractivity contribution in [3.05, 3.63) is 0 Å². The first-order chi connectivity index (χ1) is 8.67. The van der Waals surface area contributed by atoms with Gasteiger partial charge in [0, 0.05) is 32.7 Å². The van der Waals surface area contributed by atoms with Crippen LogP contribution < -0.4 is 10.6 Å². The maximum Gasteiger partial charge on any atom is 0.311 e. The predicted octanol–water partition coefficient (Wildman–Crippen LogP) is 0.115. The lowest BCUT2D eigenvalue weighted by Gasteiger charge is -2.41. The Bertz CT molecular complexity index is 315. The van der Waals surface area contributed by atoms with Gasteiger partial charge in [-0.05, 0) is 24.7 Å². The molecular weight excluding hydrogens is 230 g/mol. The molecule has 0 aromatic carbocycles. The second-order valence-electron chi connectivity index (χ2n) is 5.43. The summed E-state index contributed by atoms with van der Waals surface area (Å²) in [5, 5.41) is 5.99. The van der Waals surface area contributed by atoms with Gasteiger partial charge in [0.2, 0.25) is 0 Å². The number of carbonyl (C=O) groups is 2. The summed E-state index contributed by atoms with van der Waals surface area (Å²) >= 11 is 0. The highest BCUT2D eigenvalue weighted by Gasteiger charge is 2.36. The average Bonchev–Trinajstić information content (AvgIpc) is 2.38. The lowest BCUT2D eigenvalue weighted by molar-refractivity contribution is -0.146. The highest BCUT2D eigenvalue weighted by atomic mass is 16.2. The van der Waals surface area contributed by atoms with Gasteiger partial charge in [0.1, 0.15) is 0 Å². The number of nitrogens with zero attached hydrogens (tertiary/aromatic N) is 1. The van der Waals surface area contributed by atoms with Crippen LogP contribution in [0.5, 0.6) is 0 Å². The van der Waals surface area contributed by atoms with Gasteiger partial charge in [-0.1, -0.05) is 13.3 Å². The van der Waals surface area contributed by atoms with Crippen molar-refractivity contribution in [2.45, 2.75) is 32.6 Å². The fourth-order valence-electron chi connectivity index (χ4n) is 2.69. The topological polar surface area (TPSA) is 61.4 Å². The molecule has 2 N–H and O–H groups in total. The first-order valence-corrected chi connectivity index (χ1v) is 6.95. The van der Waals surface area contributed by atoms with Gasteiger partial charge in [-0.15, -0.1) is 0 Å². The third kappa shape index (κ3) is 2.83. The van der Waals surface area contributed by atoms with Gasteiger partial charge in [-0.25, -0.2) is 0 Å². The first-order valence-electron chi connectivity index (χ1n) is 6.95. The summed E-state index contributed by atoms with van der Waals surface area (Å²) in [6, 6.07) is 0. The van der Waals surface area contributed by atoms with Crippen molar-refractivity contribution < 1.29 is 9.59 Å². The Morgan fingerprint density at radius 2 is 1.94 bits per heavy atom. The zero-order valence-electron chi connectivity index (χ0n) is 11.1. The molecule has 0 spiro atoms. The Kier molecular flexibility index (Phi) is 4.22. The third-order valence-corrected chi connectivity index (χ3v) is 4.39. The maximum atomic E-state index is 11.9. The molecule has 1 aliphatic carbocycles. The van der Waals surface area contributed by atoms with Crippen molar-refractivity contribution in [3.8, 4) is 0 Å². The van der Waals surface area contributed by atoms with E-state index in [1.165, 1.54) is 19.3 Å². The van der Waals surface area contributed by atoms with E-state index in [4.69, 9.17) is 0 Å². The van der Waals surface area contributed by atoms with Crippen molar-refractivity contribution >= 4 is 11.8 Å². The molecule has 2 rings (SSSR count). The molecule has 1 aliphatic heterocycles. The number of carbonyl (C=O) groups excluding carboxylic acids is 2. The Hall–Kier alpha value is -1.10. The van der Waals surface area contributed by atoms with Crippen LogP contribution in [0.1, 0.15) is 32.6 Å². The SMILES string of the molecule is CCC1(CNC(=O)C(=O)N2CCNCC2)CCC1. The van der Waals surface area contributed by atoms with E-state index in [9.17, 15) is 9.59 Å². The minimum Gasteiger partial charge on any atom is -0.347 e. The molecule has 1 heterocycles. The highest BCUT2D eigenvalue weighted by molar-refractivity contribution is 6.35. The van der Waals surface area contributed by atoms with Crippen molar-refractivity contribution in [1.82, 2.24) is 15.5 Å². The molecule has 0 unspecified atom stereocenters. The van der Waals surface area contributed by atoms with Gasteiger partial charge in [0.15, 0.2) is 0 Å². The van der Waals surface area contributed by atoms with Gasteiger partial charge < -0.3 is 15.5 Å². The lowest BCUT2D eigenvalue weighted by Crippen LogP contribution is -2.52. The van der Waals surface area contributed by atoms with Crippen LogP contribution in [0, 0.1) is 5.41 Å². The van der Waals surface area contributed by atoms with Crippen LogP contribution in [0.25, 0.3) is 0 Å². The molecule has 0 atom stereocenters. The Morgan fingerprint density at radius 1 is 1.28 bits per heavy atom. The quantitative estimate of drug-likeness (QED) is 0.702. The predicted molar refractivity (Wildman–Crippen MR) is 69.0 cm³/mol. The average molecular weight is 253 g/mol. The summed E-state index contributed by atoms with van der Waals surface area (Å²) < 4.78 is 0. The molecule has 0 radical (unpaired) electrons. The second kappa shape index (κ2) is 5.69. The molecule has 2 aliphatic rings. The van der Waals surface area contributed by atoms with Crippen molar-refractivity contribution in [1.29, 1.82) is 0 Å². The minimum atomic E-state index is -0.434. The van der Waals surface area contributed by atoms with E-state index in [1.807, 2.05) is 0 Å². The number of amides is 2. The van der Waals surface area contributed by atoms with Crippen LogP contribution in [-0.4, -0.2) is 49.4 Å². The fraction of sp³-hybridized carbons (Fsp3) is 0.846. The Morgan fingerprint density at radius 3 is 2.44 bits per heavy atom. The van der Waals surface area contributed by atoms with Gasteiger partial charge in [0.25, 0.3) is 0 Å². The van der Waals surface area contributed by atoms with Crippen LogP contribution in [0.4, 0.5) is 0 Å². The van der Waals surface area contributed by atoms with Crippen LogP contribution in [-0.2, 0) is 9.59 Å². The zero-order chi connectivity index (χ0) is 13.0. The molecule has 18 heavy (non-hydrogen) atoms. The van der Waals surface area contributed by atoms with Crippen LogP contribution in [0.3, 0.4) is 0 Å². The second-order valence-corrected chi connectivity index (χ2v) is 5.43. The summed E-state index contributed by atoms with van der Waals surface area (Å²) in [5.74, 6) is -0.807. The number of hydrogen-bond donors (Lipinski definition) is 2. The highest BCUT2D eigenvalue weighted by Crippen LogP contribution is 2.42.